The van der Waals surface area contributed by atoms with Gasteiger partial charge in [-0.3, -0.25) is 0 Å². The minimum absolute atomic E-state index is 0.371. The summed E-state index contributed by atoms with van der Waals surface area (Å²) in [5, 5.41) is 0. The minimum Gasteiger partial charge on any atom is -0.469 e. The van der Waals surface area contributed by atoms with E-state index in [0.717, 1.165) is 17.0 Å². The van der Waals surface area contributed by atoms with Crippen LogP contribution in [0.4, 0.5) is 0 Å². The molecule has 0 saturated heterocycles. The lowest BCUT2D eigenvalue weighted by Gasteiger charge is -1.91. The molecule has 2 aromatic heterocycles. The van der Waals surface area contributed by atoms with Crippen molar-refractivity contribution in [3.05, 3.63) is 30.2 Å². The highest BCUT2D eigenvalue weighted by Gasteiger charge is 2.10. The summed E-state index contributed by atoms with van der Waals surface area (Å²) in [6, 6.07) is 1.89. The largest absolute Gasteiger partial charge is 0.469 e. The molecule has 68 valence electrons. The molecule has 2 aromatic rings. The fraction of sp³-hybridized carbons (Fsp3) is 0.222. The number of aryl methyl sites for hydroxylation is 1. The van der Waals surface area contributed by atoms with E-state index < -0.39 is 0 Å². The molecule has 2 heterocycles. The van der Waals surface area contributed by atoms with Crippen LogP contribution < -0.4 is 5.73 Å². The van der Waals surface area contributed by atoms with E-state index in [0.29, 0.717) is 12.3 Å². The fourth-order valence-corrected chi connectivity index (χ4v) is 1.21. The molecule has 0 fully saturated rings. The summed E-state index contributed by atoms with van der Waals surface area (Å²) in [6.07, 6.45) is 3.02. The van der Waals surface area contributed by atoms with E-state index in [1.165, 1.54) is 6.39 Å². The number of hydrogen-bond donors (Lipinski definition) is 1. The third-order valence-corrected chi connectivity index (χ3v) is 1.83. The quantitative estimate of drug-likeness (QED) is 0.760. The van der Waals surface area contributed by atoms with Gasteiger partial charge < -0.3 is 14.6 Å². The van der Waals surface area contributed by atoms with Gasteiger partial charge in [0.1, 0.15) is 17.7 Å². The molecule has 0 bridgehead atoms. The van der Waals surface area contributed by atoms with Crippen LogP contribution in [-0.2, 0) is 6.54 Å². The summed E-state index contributed by atoms with van der Waals surface area (Å²) in [5.74, 6) is 1.54. The average molecular weight is 178 g/mol. The van der Waals surface area contributed by atoms with Crippen molar-refractivity contribution in [3.8, 4) is 11.3 Å². The Labute approximate surface area is 75.4 Å². The predicted molar refractivity (Wildman–Crippen MR) is 46.8 cm³/mol. The van der Waals surface area contributed by atoms with Crippen LogP contribution in [0.5, 0.6) is 0 Å². The lowest BCUT2D eigenvalue weighted by atomic mass is 10.2. The first-order chi connectivity index (χ1) is 6.31. The SMILES string of the molecule is Cc1cc(-c2ocnc2CN)co1. The average Bonchev–Trinajstić information content (AvgIpc) is 2.71. The maximum absolute atomic E-state index is 5.49. The molecule has 0 atom stereocenters. The summed E-state index contributed by atoms with van der Waals surface area (Å²) < 4.78 is 10.4. The lowest BCUT2D eigenvalue weighted by Crippen LogP contribution is -1.97. The second kappa shape index (κ2) is 3.06. The van der Waals surface area contributed by atoms with E-state index in [4.69, 9.17) is 14.6 Å². The standard InChI is InChI=1S/C9H10N2O2/c1-6-2-7(4-12-6)9-8(3-10)11-5-13-9/h2,4-5H,3,10H2,1H3. The van der Waals surface area contributed by atoms with Gasteiger partial charge in [0.2, 0.25) is 0 Å². The van der Waals surface area contributed by atoms with Crippen molar-refractivity contribution in [2.75, 3.05) is 0 Å². The normalized spacial score (nSPS) is 10.6. The van der Waals surface area contributed by atoms with Gasteiger partial charge in [-0.05, 0) is 13.0 Å². The van der Waals surface area contributed by atoms with E-state index >= 15 is 0 Å². The lowest BCUT2D eigenvalue weighted by molar-refractivity contribution is 0.531. The molecule has 0 aliphatic heterocycles. The summed E-state index contributed by atoms with van der Waals surface area (Å²) in [4.78, 5) is 3.99. The van der Waals surface area contributed by atoms with Crippen molar-refractivity contribution in [1.82, 2.24) is 4.98 Å². The number of aromatic nitrogens is 1. The van der Waals surface area contributed by atoms with Crippen LogP contribution in [0.25, 0.3) is 11.3 Å². The third kappa shape index (κ3) is 1.36. The maximum Gasteiger partial charge on any atom is 0.181 e. The van der Waals surface area contributed by atoms with Crippen molar-refractivity contribution in [1.29, 1.82) is 0 Å². The number of rotatable bonds is 2. The highest BCUT2D eigenvalue weighted by atomic mass is 16.3. The number of hydrogen-bond acceptors (Lipinski definition) is 4. The molecule has 0 aromatic carbocycles. The van der Waals surface area contributed by atoms with Crippen LogP contribution in [0.2, 0.25) is 0 Å². The topological polar surface area (TPSA) is 65.2 Å². The summed E-state index contributed by atoms with van der Waals surface area (Å²) >= 11 is 0. The molecule has 13 heavy (non-hydrogen) atoms. The second-order valence-electron chi connectivity index (χ2n) is 2.78. The first-order valence-electron chi connectivity index (χ1n) is 3.99. The van der Waals surface area contributed by atoms with Gasteiger partial charge in [0, 0.05) is 6.54 Å². The Bertz CT molecular complexity index is 403. The Balaban J connectivity index is 2.45. The molecule has 0 unspecified atom stereocenters. The van der Waals surface area contributed by atoms with Gasteiger partial charge in [0.05, 0.1) is 5.56 Å². The van der Waals surface area contributed by atoms with E-state index in [1.807, 2.05) is 13.0 Å². The van der Waals surface area contributed by atoms with E-state index in [1.54, 1.807) is 6.26 Å². The van der Waals surface area contributed by atoms with E-state index in [-0.39, 0.29) is 0 Å². The molecular formula is C9H10N2O2. The third-order valence-electron chi connectivity index (χ3n) is 1.83. The van der Waals surface area contributed by atoms with Gasteiger partial charge in [0.15, 0.2) is 12.2 Å². The van der Waals surface area contributed by atoms with Crippen LogP contribution >= 0.6 is 0 Å². The summed E-state index contributed by atoms with van der Waals surface area (Å²) in [7, 11) is 0. The molecule has 0 amide bonds. The fourth-order valence-electron chi connectivity index (χ4n) is 1.21. The zero-order valence-corrected chi connectivity index (χ0v) is 7.28. The first kappa shape index (κ1) is 8.07. The minimum atomic E-state index is 0.371. The van der Waals surface area contributed by atoms with Crippen molar-refractivity contribution < 1.29 is 8.83 Å². The Morgan fingerprint density at radius 2 is 2.31 bits per heavy atom. The highest BCUT2D eigenvalue weighted by molar-refractivity contribution is 5.58. The Kier molecular flexibility index (Phi) is 1.90. The first-order valence-corrected chi connectivity index (χ1v) is 3.99. The second-order valence-corrected chi connectivity index (χ2v) is 2.78. The molecule has 2 N–H and O–H groups in total. The van der Waals surface area contributed by atoms with E-state index in [2.05, 4.69) is 4.98 Å². The smallest absolute Gasteiger partial charge is 0.181 e. The Morgan fingerprint density at radius 3 is 2.92 bits per heavy atom. The Hall–Kier alpha value is -1.55. The molecule has 0 saturated carbocycles. The van der Waals surface area contributed by atoms with E-state index in [9.17, 15) is 0 Å². The number of nitrogens with zero attached hydrogens (tertiary/aromatic N) is 1. The van der Waals surface area contributed by atoms with Crippen molar-refractivity contribution in [2.24, 2.45) is 5.73 Å². The molecular weight excluding hydrogens is 168 g/mol. The molecule has 4 heteroatoms. The van der Waals surface area contributed by atoms with Gasteiger partial charge in [-0.2, -0.15) is 0 Å². The van der Waals surface area contributed by atoms with Crippen LogP contribution in [0, 0.1) is 6.92 Å². The predicted octanol–water partition coefficient (Wildman–Crippen LogP) is 1.70. The number of nitrogens with two attached hydrogens (primary N) is 1. The van der Waals surface area contributed by atoms with Crippen LogP contribution in [0.1, 0.15) is 11.5 Å². The molecule has 0 aliphatic carbocycles. The molecule has 0 aliphatic rings. The number of oxazole rings is 1. The van der Waals surface area contributed by atoms with Crippen molar-refractivity contribution in [2.45, 2.75) is 13.5 Å². The maximum atomic E-state index is 5.49. The van der Waals surface area contributed by atoms with Gasteiger partial charge in [0.25, 0.3) is 0 Å². The molecule has 2 rings (SSSR count). The van der Waals surface area contributed by atoms with Crippen molar-refractivity contribution in [3.63, 3.8) is 0 Å². The monoisotopic (exact) mass is 178 g/mol. The number of furan rings is 1. The Morgan fingerprint density at radius 1 is 1.46 bits per heavy atom. The van der Waals surface area contributed by atoms with Crippen LogP contribution in [-0.4, -0.2) is 4.98 Å². The summed E-state index contributed by atoms with van der Waals surface area (Å²) in [5.41, 5.74) is 7.12. The molecule has 0 radical (unpaired) electrons. The van der Waals surface area contributed by atoms with Crippen molar-refractivity contribution >= 4 is 0 Å². The zero-order valence-electron chi connectivity index (χ0n) is 7.28. The highest BCUT2D eigenvalue weighted by Crippen LogP contribution is 2.24. The molecule has 4 nitrogen and oxygen atoms in total. The van der Waals surface area contributed by atoms with Crippen LogP contribution in [0.15, 0.2) is 27.6 Å². The van der Waals surface area contributed by atoms with Gasteiger partial charge in [-0.25, -0.2) is 4.98 Å². The zero-order chi connectivity index (χ0) is 9.26. The van der Waals surface area contributed by atoms with Gasteiger partial charge in [-0.15, -0.1) is 0 Å². The van der Waals surface area contributed by atoms with Gasteiger partial charge in [-0.1, -0.05) is 0 Å². The molecule has 0 spiro atoms. The van der Waals surface area contributed by atoms with Gasteiger partial charge >= 0.3 is 0 Å². The summed E-state index contributed by atoms with van der Waals surface area (Å²) in [6.45, 7) is 2.25. The van der Waals surface area contributed by atoms with Crippen LogP contribution in [0.3, 0.4) is 0 Å².